The number of nitrogens with zero attached hydrogens (tertiary/aromatic N) is 2. The summed E-state index contributed by atoms with van der Waals surface area (Å²) in [6.07, 6.45) is 1.40. The molecule has 1 rings (SSSR count). The van der Waals surface area contributed by atoms with E-state index in [0.29, 0.717) is 11.7 Å². The number of methoxy groups -OCH3 is 1. The molecule has 0 spiro atoms. The van der Waals surface area contributed by atoms with Crippen molar-refractivity contribution in [1.82, 2.24) is 15.3 Å². The van der Waals surface area contributed by atoms with Gasteiger partial charge >= 0.3 is 0 Å². The van der Waals surface area contributed by atoms with Crippen molar-refractivity contribution in [3.05, 3.63) is 11.9 Å². The Morgan fingerprint density at radius 2 is 2.18 bits per heavy atom. The van der Waals surface area contributed by atoms with E-state index < -0.39 is 0 Å². The van der Waals surface area contributed by atoms with E-state index in [0.717, 1.165) is 5.56 Å². The molecule has 94 valence electrons. The Hall–Kier alpha value is -1.85. The maximum atomic E-state index is 11.4. The van der Waals surface area contributed by atoms with Crippen LogP contribution in [0.4, 0.5) is 5.82 Å². The van der Waals surface area contributed by atoms with Crippen molar-refractivity contribution in [2.45, 2.75) is 26.8 Å². The normalized spacial score (nSPS) is 10.2. The maximum Gasteiger partial charge on any atom is 0.239 e. The van der Waals surface area contributed by atoms with Crippen molar-refractivity contribution in [3.63, 3.8) is 0 Å². The van der Waals surface area contributed by atoms with E-state index in [2.05, 4.69) is 20.6 Å². The molecule has 0 aliphatic heterocycles. The fraction of sp³-hybridized carbons (Fsp3) is 0.545. The fourth-order valence-corrected chi connectivity index (χ4v) is 1.36. The van der Waals surface area contributed by atoms with Gasteiger partial charge in [-0.3, -0.25) is 4.79 Å². The first kappa shape index (κ1) is 13.2. The molecule has 0 saturated heterocycles. The summed E-state index contributed by atoms with van der Waals surface area (Å²) in [4.78, 5) is 19.5. The number of ether oxygens (including phenoxy) is 1. The third-order valence-electron chi connectivity index (χ3n) is 2.10. The second kappa shape index (κ2) is 6.03. The van der Waals surface area contributed by atoms with Gasteiger partial charge in [0, 0.05) is 6.04 Å². The average Bonchev–Trinajstić information content (AvgIpc) is 2.27. The molecular formula is C11H18N4O2. The predicted octanol–water partition coefficient (Wildman–Crippen LogP) is 0.730. The molecule has 0 atom stereocenters. The SMILES string of the molecule is COc1ncnc(NCC(=O)NC(C)C)c1C. The molecule has 0 aromatic carbocycles. The highest BCUT2D eigenvalue weighted by atomic mass is 16.5. The Bertz CT molecular complexity index is 393. The quantitative estimate of drug-likeness (QED) is 0.791. The van der Waals surface area contributed by atoms with E-state index >= 15 is 0 Å². The fourth-order valence-electron chi connectivity index (χ4n) is 1.36. The van der Waals surface area contributed by atoms with Crippen molar-refractivity contribution < 1.29 is 9.53 Å². The van der Waals surface area contributed by atoms with Crippen LogP contribution < -0.4 is 15.4 Å². The summed E-state index contributed by atoms with van der Waals surface area (Å²) in [7, 11) is 1.55. The summed E-state index contributed by atoms with van der Waals surface area (Å²) in [6, 6.07) is 0.130. The number of amides is 1. The molecule has 0 unspecified atom stereocenters. The summed E-state index contributed by atoms with van der Waals surface area (Å²) in [5, 5.41) is 5.73. The topological polar surface area (TPSA) is 76.1 Å². The van der Waals surface area contributed by atoms with Crippen LogP contribution in [0.3, 0.4) is 0 Å². The number of carbonyl (C=O) groups is 1. The molecule has 0 bridgehead atoms. The van der Waals surface area contributed by atoms with Crippen LogP contribution in [0.25, 0.3) is 0 Å². The minimum Gasteiger partial charge on any atom is -0.481 e. The lowest BCUT2D eigenvalue weighted by Gasteiger charge is -2.11. The first-order chi connectivity index (χ1) is 8.04. The third kappa shape index (κ3) is 3.90. The first-order valence-electron chi connectivity index (χ1n) is 5.43. The third-order valence-corrected chi connectivity index (χ3v) is 2.10. The standard InChI is InChI=1S/C11H18N4O2/c1-7(2)15-9(16)5-12-10-8(3)11(17-4)14-6-13-10/h6-7H,5H2,1-4H3,(H,15,16)(H,12,13,14). The molecule has 0 radical (unpaired) electrons. The van der Waals surface area contributed by atoms with E-state index in [1.165, 1.54) is 6.33 Å². The zero-order valence-electron chi connectivity index (χ0n) is 10.6. The number of aromatic nitrogens is 2. The Kier molecular flexibility index (Phi) is 4.68. The average molecular weight is 238 g/mol. The summed E-state index contributed by atoms with van der Waals surface area (Å²) in [5.41, 5.74) is 0.785. The van der Waals surface area contributed by atoms with Crippen molar-refractivity contribution in [3.8, 4) is 5.88 Å². The number of carbonyl (C=O) groups excluding carboxylic acids is 1. The Morgan fingerprint density at radius 1 is 1.47 bits per heavy atom. The summed E-state index contributed by atoms with van der Waals surface area (Å²) in [5.74, 6) is 1.04. The monoisotopic (exact) mass is 238 g/mol. The van der Waals surface area contributed by atoms with E-state index in [-0.39, 0.29) is 18.5 Å². The van der Waals surface area contributed by atoms with E-state index in [1.54, 1.807) is 7.11 Å². The molecule has 1 aromatic heterocycles. The van der Waals surface area contributed by atoms with E-state index in [1.807, 2.05) is 20.8 Å². The van der Waals surface area contributed by atoms with Crippen molar-refractivity contribution in [1.29, 1.82) is 0 Å². The molecule has 1 heterocycles. The van der Waals surface area contributed by atoms with Crippen molar-refractivity contribution >= 4 is 11.7 Å². The van der Waals surface area contributed by atoms with E-state index in [4.69, 9.17) is 4.74 Å². The molecule has 6 heteroatoms. The second-order valence-corrected chi connectivity index (χ2v) is 3.93. The van der Waals surface area contributed by atoms with Crippen molar-refractivity contribution in [2.24, 2.45) is 0 Å². The molecule has 2 N–H and O–H groups in total. The minimum atomic E-state index is -0.0722. The van der Waals surface area contributed by atoms with Gasteiger partial charge in [-0.15, -0.1) is 0 Å². The highest BCUT2D eigenvalue weighted by Gasteiger charge is 2.08. The number of anilines is 1. The van der Waals surface area contributed by atoms with Crippen LogP contribution in [-0.2, 0) is 4.79 Å². The van der Waals surface area contributed by atoms with Gasteiger partial charge in [0.15, 0.2) is 0 Å². The molecule has 6 nitrogen and oxygen atoms in total. The number of hydrogen-bond donors (Lipinski definition) is 2. The largest absolute Gasteiger partial charge is 0.481 e. The van der Waals surface area contributed by atoms with Gasteiger partial charge in [-0.1, -0.05) is 0 Å². The van der Waals surface area contributed by atoms with Gasteiger partial charge in [-0.2, -0.15) is 0 Å². The zero-order chi connectivity index (χ0) is 12.8. The Balaban J connectivity index is 2.60. The summed E-state index contributed by atoms with van der Waals surface area (Å²) >= 11 is 0. The van der Waals surface area contributed by atoms with Crippen LogP contribution in [0.15, 0.2) is 6.33 Å². The van der Waals surface area contributed by atoms with E-state index in [9.17, 15) is 4.79 Å². The van der Waals surface area contributed by atoms with Crippen LogP contribution >= 0.6 is 0 Å². The van der Waals surface area contributed by atoms with Gasteiger partial charge in [-0.25, -0.2) is 9.97 Å². The lowest BCUT2D eigenvalue weighted by Crippen LogP contribution is -2.35. The molecule has 0 saturated carbocycles. The van der Waals surface area contributed by atoms with Crippen LogP contribution in [0.1, 0.15) is 19.4 Å². The molecule has 1 amide bonds. The second-order valence-electron chi connectivity index (χ2n) is 3.93. The van der Waals surface area contributed by atoms with Crippen molar-refractivity contribution in [2.75, 3.05) is 19.0 Å². The highest BCUT2D eigenvalue weighted by molar-refractivity contribution is 5.80. The molecule has 0 aliphatic carbocycles. The summed E-state index contributed by atoms with van der Waals surface area (Å²) < 4.78 is 5.07. The van der Waals surface area contributed by atoms with Crippen LogP contribution in [0.5, 0.6) is 5.88 Å². The zero-order valence-corrected chi connectivity index (χ0v) is 10.6. The van der Waals surface area contributed by atoms with Gasteiger partial charge in [0.05, 0.1) is 19.2 Å². The lowest BCUT2D eigenvalue weighted by atomic mass is 10.3. The molecule has 17 heavy (non-hydrogen) atoms. The Morgan fingerprint density at radius 3 is 2.76 bits per heavy atom. The summed E-state index contributed by atoms with van der Waals surface area (Å²) in [6.45, 7) is 5.84. The maximum absolute atomic E-state index is 11.4. The number of rotatable bonds is 5. The number of hydrogen-bond acceptors (Lipinski definition) is 5. The molecule has 1 aromatic rings. The minimum absolute atomic E-state index is 0.0722. The van der Waals surface area contributed by atoms with Gasteiger partial charge < -0.3 is 15.4 Å². The van der Waals surface area contributed by atoms with Gasteiger partial charge in [0.2, 0.25) is 11.8 Å². The Labute approximate surface area is 101 Å². The number of nitrogens with one attached hydrogen (secondary N) is 2. The van der Waals surface area contributed by atoms with Gasteiger partial charge in [-0.05, 0) is 20.8 Å². The highest BCUT2D eigenvalue weighted by Crippen LogP contribution is 2.19. The predicted molar refractivity (Wildman–Crippen MR) is 65.1 cm³/mol. The lowest BCUT2D eigenvalue weighted by molar-refractivity contribution is -0.119. The van der Waals surface area contributed by atoms with Crippen LogP contribution in [0, 0.1) is 6.92 Å². The smallest absolute Gasteiger partial charge is 0.239 e. The van der Waals surface area contributed by atoms with Gasteiger partial charge in [0.25, 0.3) is 0 Å². The molecule has 0 aliphatic rings. The van der Waals surface area contributed by atoms with Crippen LogP contribution in [-0.4, -0.2) is 35.6 Å². The molecular weight excluding hydrogens is 220 g/mol. The van der Waals surface area contributed by atoms with Gasteiger partial charge in [0.1, 0.15) is 12.1 Å². The molecule has 0 fully saturated rings. The van der Waals surface area contributed by atoms with Crippen LogP contribution in [0.2, 0.25) is 0 Å². The first-order valence-corrected chi connectivity index (χ1v) is 5.43.